The van der Waals surface area contributed by atoms with Gasteiger partial charge in [0.05, 0.1) is 6.20 Å². The van der Waals surface area contributed by atoms with E-state index in [1.807, 2.05) is 30.4 Å². The molecule has 4 aromatic rings. The molecule has 6 nitrogen and oxygen atoms in total. The Kier molecular flexibility index (Phi) is 4.33. The lowest BCUT2D eigenvalue weighted by Gasteiger charge is -2.07. The minimum atomic E-state index is -0.669. The topological polar surface area (TPSA) is 83.7 Å². The molecule has 0 amide bonds. The minimum absolute atomic E-state index is 0.123. The van der Waals surface area contributed by atoms with Crippen LogP contribution in [0.4, 0.5) is 14.6 Å². The zero-order valence-electron chi connectivity index (χ0n) is 14.6. The molecule has 0 radical (unpaired) electrons. The fraction of sp³-hybridized carbons (Fsp3) is 0.167. The number of anilines is 1. The summed E-state index contributed by atoms with van der Waals surface area (Å²) in [4.78, 5) is 18.5. The number of thiophene rings is 1. The van der Waals surface area contributed by atoms with E-state index in [4.69, 9.17) is 5.73 Å². The van der Waals surface area contributed by atoms with Gasteiger partial charge in [-0.3, -0.25) is 0 Å². The third-order valence-corrected chi connectivity index (χ3v) is 4.94. The molecule has 27 heavy (non-hydrogen) atoms. The molecule has 0 bridgehead atoms. The molecule has 0 atom stereocenters. The molecular weight excluding hydrogens is 370 g/mol. The molecule has 0 saturated carbocycles. The Balaban J connectivity index is 1.84. The molecule has 0 aliphatic heterocycles. The molecule has 4 rings (SSSR count). The van der Waals surface area contributed by atoms with Gasteiger partial charge in [-0.15, -0.1) is 11.3 Å². The number of nitrogen functional groups attached to an aromatic ring is 1. The first-order valence-corrected chi connectivity index (χ1v) is 8.99. The van der Waals surface area contributed by atoms with Gasteiger partial charge in [0.1, 0.15) is 17.2 Å². The van der Waals surface area contributed by atoms with Gasteiger partial charge in [0.15, 0.2) is 17.5 Å². The zero-order valence-corrected chi connectivity index (χ0v) is 15.4. The van der Waals surface area contributed by atoms with Crippen LogP contribution < -0.4 is 5.73 Å². The molecule has 0 spiro atoms. The normalized spacial score (nSPS) is 11.6. The maximum absolute atomic E-state index is 14.6. The molecule has 4 aromatic heterocycles. The molecule has 0 saturated heterocycles. The van der Waals surface area contributed by atoms with E-state index in [0.717, 1.165) is 17.6 Å². The van der Waals surface area contributed by atoms with Crippen molar-refractivity contribution in [2.24, 2.45) is 0 Å². The molecule has 3 N–H and O–H groups in total. The van der Waals surface area contributed by atoms with E-state index in [0.29, 0.717) is 22.2 Å². The standard InChI is InChI=1S/C18H16F2N6S/c1-26(2)7-11-3-9(8-27-11)15-14(20)16(21)25-18(24-15)13-6-23-17-12(13)4-10(19)5-22-17/h3-6,8H,7H2,1-2H3,(H,22,23)(H2,21,24,25). The van der Waals surface area contributed by atoms with E-state index >= 15 is 0 Å². The molecule has 0 aliphatic carbocycles. The third kappa shape index (κ3) is 3.26. The first-order chi connectivity index (χ1) is 12.9. The number of nitrogens with one attached hydrogen (secondary N) is 1. The highest BCUT2D eigenvalue weighted by molar-refractivity contribution is 7.10. The molecule has 0 unspecified atom stereocenters. The number of H-pyrrole nitrogens is 1. The van der Waals surface area contributed by atoms with Crippen LogP contribution in [0.5, 0.6) is 0 Å². The fourth-order valence-electron chi connectivity index (χ4n) is 2.84. The molecule has 138 valence electrons. The van der Waals surface area contributed by atoms with Crippen LogP contribution in [0.25, 0.3) is 33.7 Å². The SMILES string of the molecule is CN(C)Cc1cc(-c2nc(-c3c[nH]c4ncc(F)cc34)nc(N)c2F)cs1. The van der Waals surface area contributed by atoms with Gasteiger partial charge in [-0.25, -0.2) is 23.7 Å². The Morgan fingerprint density at radius 1 is 1.22 bits per heavy atom. The number of rotatable bonds is 4. The van der Waals surface area contributed by atoms with Crippen molar-refractivity contribution in [1.82, 2.24) is 24.8 Å². The lowest BCUT2D eigenvalue weighted by Crippen LogP contribution is -2.09. The van der Waals surface area contributed by atoms with Crippen molar-refractivity contribution < 1.29 is 8.78 Å². The Hall–Kier alpha value is -2.91. The predicted molar refractivity (Wildman–Crippen MR) is 102 cm³/mol. The highest BCUT2D eigenvalue weighted by Crippen LogP contribution is 2.32. The molecule has 0 fully saturated rings. The summed E-state index contributed by atoms with van der Waals surface area (Å²) < 4.78 is 28.2. The largest absolute Gasteiger partial charge is 0.381 e. The van der Waals surface area contributed by atoms with Crippen LogP contribution >= 0.6 is 11.3 Å². The summed E-state index contributed by atoms with van der Waals surface area (Å²) in [6.45, 7) is 0.743. The van der Waals surface area contributed by atoms with Gasteiger partial charge in [-0.2, -0.15) is 0 Å². The second kappa shape index (κ2) is 6.67. The monoisotopic (exact) mass is 386 g/mol. The first kappa shape index (κ1) is 17.5. The lowest BCUT2D eigenvalue weighted by atomic mass is 10.1. The van der Waals surface area contributed by atoms with Gasteiger partial charge in [-0.1, -0.05) is 0 Å². The van der Waals surface area contributed by atoms with Crippen molar-refractivity contribution in [1.29, 1.82) is 0 Å². The van der Waals surface area contributed by atoms with E-state index in [9.17, 15) is 8.78 Å². The molecule has 4 heterocycles. The molecular formula is C18H16F2N6S. The predicted octanol–water partition coefficient (Wildman–Crippen LogP) is 3.67. The maximum Gasteiger partial charge on any atom is 0.191 e. The van der Waals surface area contributed by atoms with Crippen LogP contribution in [0.15, 0.2) is 29.9 Å². The van der Waals surface area contributed by atoms with E-state index < -0.39 is 11.6 Å². The molecule has 9 heteroatoms. The summed E-state index contributed by atoms with van der Waals surface area (Å²) in [6, 6.07) is 3.21. The van der Waals surface area contributed by atoms with Gasteiger partial charge >= 0.3 is 0 Å². The van der Waals surface area contributed by atoms with E-state index in [1.165, 1.54) is 17.4 Å². The summed E-state index contributed by atoms with van der Waals surface area (Å²) in [6.07, 6.45) is 2.73. The highest BCUT2D eigenvalue weighted by atomic mass is 32.1. The van der Waals surface area contributed by atoms with E-state index in [-0.39, 0.29) is 17.3 Å². The Morgan fingerprint density at radius 3 is 2.81 bits per heavy atom. The quantitative estimate of drug-likeness (QED) is 0.559. The van der Waals surface area contributed by atoms with Crippen LogP contribution in [0.1, 0.15) is 4.88 Å². The van der Waals surface area contributed by atoms with Gasteiger partial charge in [-0.05, 0) is 26.2 Å². The van der Waals surface area contributed by atoms with Gasteiger partial charge < -0.3 is 15.6 Å². The Bertz CT molecular complexity index is 1130. The number of hydrogen-bond donors (Lipinski definition) is 2. The maximum atomic E-state index is 14.6. The van der Waals surface area contributed by atoms with Crippen molar-refractivity contribution in [3.05, 3.63) is 46.4 Å². The third-order valence-electron chi connectivity index (χ3n) is 4.01. The number of aromatic amines is 1. The summed E-state index contributed by atoms with van der Waals surface area (Å²) in [5.74, 6) is -1.20. The van der Waals surface area contributed by atoms with E-state index in [2.05, 4.69) is 19.9 Å². The average molecular weight is 386 g/mol. The second-order valence-corrected chi connectivity index (χ2v) is 7.38. The smallest absolute Gasteiger partial charge is 0.191 e. The van der Waals surface area contributed by atoms with Gasteiger partial charge in [0.25, 0.3) is 0 Å². The average Bonchev–Trinajstić information content (AvgIpc) is 3.23. The van der Waals surface area contributed by atoms with Crippen molar-refractivity contribution in [2.75, 3.05) is 19.8 Å². The van der Waals surface area contributed by atoms with Crippen molar-refractivity contribution in [2.45, 2.75) is 6.54 Å². The number of hydrogen-bond acceptors (Lipinski definition) is 6. The number of aromatic nitrogens is 4. The lowest BCUT2D eigenvalue weighted by molar-refractivity contribution is 0.406. The number of pyridine rings is 1. The summed E-state index contributed by atoms with van der Waals surface area (Å²) >= 11 is 1.52. The second-order valence-electron chi connectivity index (χ2n) is 6.39. The Labute approximate surface area is 157 Å². The first-order valence-electron chi connectivity index (χ1n) is 8.11. The fourth-order valence-corrected chi connectivity index (χ4v) is 3.82. The summed E-state index contributed by atoms with van der Waals surface area (Å²) in [7, 11) is 3.93. The number of nitrogens with zero attached hydrogens (tertiary/aromatic N) is 4. The molecule has 0 aromatic carbocycles. The van der Waals surface area contributed by atoms with Crippen LogP contribution in [-0.4, -0.2) is 38.9 Å². The summed E-state index contributed by atoms with van der Waals surface area (Å²) in [5, 5.41) is 2.34. The highest BCUT2D eigenvalue weighted by Gasteiger charge is 2.19. The van der Waals surface area contributed by atoms with Gasteiger partial charge in [0, 0.05) is 39.5 Å². The summed E-state index contributed by atoms with van der Waals surface area (Å²) in [5.41, 5.74) is 7.55. The number of halogens is 2. The van der Waals surface area contributed by atoms with Crippen molar-refractivity contribution in [3.8, 4) is 22.6 Å². The number of nitrogens with two attached hydrogens (primary N) is 1. The van der Waals surface area contributed by atoms with E-state index in [1.54, 1.807) is 6.20 Å². The van der Waals surface area contributed by atoms with Crippen LogP contribution in [0.2, 0.25) is 0 Å². The molecule has 0 aliphatic rings. The Morgan fingerprint density at radius 2 is 2.04 bits per heavy atom. The number of fused-ring (bicyclic) bond motifs is 1. The minimum Gasteiger partial charge on any atom is -0.381 e. The van der Waals surface area contributed by atoms with Gasteiger partial charge in [0.2, 0.25) is 0 Å². The van der Waals surface area contributed by atoms with Crippen LogP contribution in [-0.2, 0) is 6.54 Å². The van der Waals surface area contributed by atoms with Crippen molar-refractivity contribution in [3.63, 3.8) is 0 Å². The van der Waals surface area contributed by atoms with Crippen molar-refractivity contribution >= 4 is 28.2 Å². The van der Waals surface area contributed by atoms with Crippen LogP contribution in [0, 0.1) is 11.6 Å². The van der Waals surface area contributed by atoms with Crippen LogP contribution in [0.3, 0.4) is 0 Å². The zero-order chi connectivity index (χ0) is 19.1.